The molecule has 0 amide bonds. The number of pyridine rings is 1. The molecule has 0 unspecified atom stereocenters. The third kappa shape index (κ3) is 2.90. The number of para-hydroxylation sites is 1. The van der Waals surface area contributed by atoms with Crippen molar-refractivity contribution in [2.45, 2.75) is 6.92 Å². The van der Waals surface area contributed by atoms with Crippen LogP contribution in [0.3, 0.4) is 0 Å². The molecule has 0 fully saturated rings. The number of benzene rings is 3. The van der Waals surface area contributed by atoms with Crippen LogP contribution in [0.25, 0.3) is 21.7 Å². The maximum atomic E-state index is 10.2. The van der Waals surface area contributed by atoms with E-state index in [-0.39, 0.29) is 5.75 Å². The van der Waals surface area contributed by atoms with E-state index in [9.17, 15) is 5.11 Å². The summed E-state index contributed by atoms with van der Waals surface area (Å²) in [6.45, 7) is 2.05. The summed E-state index contributed by atoms with van der Waals surface area (Å²) < 4.78 is 0. The molecule has 0 spiro atoms. The fourth-order valence-electron chi connectivity index (χ4n) is 2.99. The first kappa shape index (κ1) is 15.1. The minimum atomic E-state index is 0.201. The van der Waals surface area contributed by atoms with Crippen molar-refractivity contribution in [2.75, 3.05) is 5.43 Å². The fourth-order valence-corrected chi connectivity index (χ4v) is 2.99. The lowest BCUT2D eigenvalue weighted by molar-refractivity contribution is 0.475. The van der Waals surface area contributed by atoms with Gasteiger partial charge in [0.05, 0.1) is 11.7 Å². The molecule has 3 aromatic carbocycles. The average Bonchev–Trinajstić information content (AvgIpc) is 2.64. The molecule has 4 nitrogen and oxygen atoms in total. The smallest absolute Gasteiger partial charge is 0.147 e. The van der Waals surface area contributed by atoms with Crippen molar-refractivity contribution in [3.05, 3.63) is 77.9 Å². The molecule has 0 aliphatic rings. The maximum absolute atomic E-state index is 10.2. The van der Waals surface area contributed by atoms with Crippen LogP contribution in [0.4, 0.5) is 5.82 Å². The van der Waals surface area contributed by atoms with Gasteiger partial charge in [0.2, 0.25) is 0 Å². The zero-order valence-electron chi connectivity index (χ0n) is 13.8. The number of nitrogens with zero attached hydrogens (tertiary/aromatic N) is 2. The predicted molar refractivity (Wildman–Crippen MR) is 103 cm³/mol. The molecule has 1 heterocycles. The van der Waals surface area contributed by atoms with Crippen LogP contribution in [-0.4, -0.2) is 16.3 Å². The summed E-state index contributed by atoms with van der Waals surface area (Å²) in [6.07, 6.45) is 1.63. The standard InChI is InChI=1S/C21H17N3O/c1-14-12-21(23-19-9-5-4-7-16(14)19)24-22-13-18-17-8-3-2-6-15(17)10-11-20(18)25/h2-13,25H,1H3,(H,23,24)/b22-13-. The van der Waals surface area contributed by atoms with Crippen LogP contribution >= 0.6 is 0 Å². The van der Waals surface area contributed by atoms with E-state index < -0.39 is 0 Å². The molecule has 4 rings (SSSR count). The van der Waals surface area contributed by atoms with Gasteiger partial charge < -0.3 is 5.11 Å². The van der Waals surface area contributed by atoms with E-state index in [1.54, 1.807) is 12.3 Å². The Morgan fingerprint density at radius 1 is 0.960 bits per heavy atom. The predicted octanol–water partition coefficient (Wildman–Crippen LogP) is 4.85. The van der Waals surface area contributed by atoms with E-state index >= 15 is 0 Å². The number of aryl methyl sites for hydroxylation is 1. The summed E-state index contributed by atoms with van der Waals surface area (Å²) in [6, 6.07) is 21.4. The second kappa shape index (κ2) is 6.24. The molecular formula is C21H17N3O. The van der Waals surface area contributed by atoms with Crippen LogP contribution in [0.15, 0.2) is 71.8 Å². The van der Waals surface area contributed by atoms with Gasteiger partial charge in [-0.25, -0.2) is 4.98 Å². The Bertz CT molecular complexity index is 1100. The van der Waals surface area contributed by atoms with E-state index in [1.807, 2.05) is 54.6 Å². The van der Waals surface area contributed by atoms with E-state index in [0.29, 0.717) is 11.4 Å². The Morgan fingerprint density at radius 2 is 1.72 bits per heavy atom. The number of phenols is 1. The van der Waals surface area contributed by atoms with Crippen molar-refractivity contribution in [1.82, 2.24) is 4.98 Å². The molecule has 0 saturated heterocycles. The summed E-state index contributed by atoms with van der Waals surface area (Å²) in [4.78, 5) is 4.56. The lowest BCUT2D eigenvalue weighted by Crippen LogP contribution is -1.96. The van der Waals surface area contributed by atoms with Crippen molar-refractivity contribution in [3.63, 3.8) is 0 Å². The van der Waals surface area contributed by atoms with Gasteiger partial charge in [0.25, 0.3) is 0 Å². The van der Waals surface area contributed by atoms with Crippen molar-refractivity contribution < 1.29 is 5.11 Å². The van der Waals surface area contributed by atoms with Gasteiger partial charge in [0.15, 0.2) is 0 Å². The summed E-state index contributed by atoms with van der Waals surface area (Å²) >= 11 is 0. The van der Waals surface area contributed by atoms with Gasteiger partial charge in [-0.1, -0.05) is 48.5 Å². The molecular weight excluding hydrogens is 310 g/mol. The zero-order valence-corrected chi connectivity index (χ0v) is 13.8. The quantitative estimate of drug-likeness (QED) is 0.418. The molecule has 2 N–H and O–H groups in total. The van der Waals surface area contributed by atoms with Crippen LogP contribution in [0, 0.1) is 6.92 Å². The third-order valence-electron chi connectivity index (χ3n) is 4.24. The van der Waals surface area contributed by atoms with Gasteiger partial charge in [0, 0.05) is 10.9 Å². The van der Waals surface area contributed by atoms with Gasteiger partial charge in [-0.05, 0) is 41.5 Å². The molecule has 1 aromatic heterocycles. The first-order valence-electron chi connectivity index (χ1n) is 8.08. The Hall–Kier alpha value is -3.40. The van der Waals surface area contributed by atoms with Gasteiger partial charge in [0.1, 0.15) is 11.6 Å². The molecule has 4 aromatic rings. The largest absolute Gasteiger partial charge is 0.507 e. The monoisotopic (exact) mass is 327 g/mol. The lowest BCUT2D eigenvalue weighted by atomic mass is 10.0. The minimum Gasteiger partial charge on any atom is -0.507 e. The highest BCUT2D eigenvalue weighted by atomic mass is 16.3. The molecule has 0 bridgehead atoms. The second-order valence-electron chi connectivity index (χ2n) is 5.93. The number of nitrogens with one attached hydrogen (secondary N) is 1. The zero-order chi connectivity index (χ0) is 17.2. The maximum Gasteiger partial charge on any atom is 0.147 e. The Morgan fingerprint density at radius 3 is 2.60 bits per heavy atom. The molecule has 0 radical (unpaired) electrons. The van der Waals surface area contributed by atoms with Crippen molar-refractivity contribution >= 4 is 33.7 Å². The van der Waals surface area contributed by atoms with Crippen LogP contribution < -0.4 is 5.43 Å². The molecule has 0 aliphatic heterocycles. The average molecular weight is 327 g/mol. The Labute approximate surface area is 145 Å². The molecule has 122 valence electrons. The highest BCUT2D eigenvalue weighted by molar-refractivity contribution is 6.02. The summed E-state index contributed by atoms with van der Waals surface area (Å²) in [5.74, 6) is 0.874. The third-order valence-corrected chi connectivity index (χ3v) is 4.24. The number of hydrogen-bond acceptors (Lipinski definition) is 4. The van der Waals surface area contributed by atoms with Crippen molar-refractivity contribution in [2.24, 2.45) is 5.10 Å². The molecule has 25 heavy (non-hydrogen) atoms. The first-order valence-corrected chi connectivity index (χ1v) is 8.08. The van der Waals surface area contributed by atoms with Gasteiger partial charge >= 0.3 is 0 Å². The number of aromatic hydroxyl groups is 1. The summed E-state index contributed by atoms with van der Waals surface area (Å²) in [5, 5.41) is 17.6. The number of rotatable bonds is 3. The van der Waals surface area contributed by atoms with Gasteiger partial charge in [-0.3, -0.25) is 5.43 Å². The van der Waals surface area contributed by atoms with Crippen LogP contribution in [0.1, 0.15) is 11.1 Å². The van der Waals surface area contributed by atoms with Crippen LogP contribution in [0.2, 0.25) is 0 Å². The fraction of sp³-hybridized carbons (Fsp3) is 0.0476. The summed E-state index contributed by atoms with van der Waals surface area (Å²) in [5.41, 5.74) is 5.71. The van der Waals surface area contributed by atoms with E-state index in [4.69, 9.17) is 0 Å². The number of anilines is 1. The molecule has 0 saturated carbocycles. The molecule has 0 atom stereocenters. The number of fused-ring (bicyclic) bond motifs is 2. The first-order chi connectivity index (χ1) is 12.2. The summed E-state index contributed by atoms with van der Waals surface area (Å²) in [7, 11) is 0. The van der Waals surface area contributed by atoms with E-state index in [0.717, 1.165) is 27.2 Å². The lowest BCUT2D eigenvalue weighted by Gasteiger charge is -2.07. The topological polar surface area (TPSA) is 57.5 Å². The SMILES string of the molecule is Cc1cc(N/N=C\c2c(O)ccc3ccccc23)nc2ccccc12. The Balaban J connectivity index is 1.67. The second-order valence-corrected chi connectivity index (χ2v) is 5.93. The number of hydrazone groups is 1. The van der Waals surface area contributed by atoms with E-state index in [2.05, 4.69) is 28.5 Å². The minimum absolute atomic E-state index is 0.201. The van der Waals surface area contributed by atoms with Crippen molar-refractivity contribution in [3.8, 4) is 5.75 Å². The highest BCUT2D eigenvalue weighted by Gasteiger charge is 2.05. The highest BCUT2D eigenvalue weighted by Crippen LogP contribution is 2.25. The number of aromatic nitrogens is 1. The van der Waals surface area contributed by atoms with Crippen molar-refractivity contribution in [1.29, 1.82) is 0 Å². The van der Waals surface area contributed by atoms with Gasteiger partial charge in [-0.15, -0.1) is 0 Å². The normalized spacial score (nSPS) is 11.4. The van der Waals surface area contributed by atoms with Crippen LogP contribution in [-0.2, 0) is 0 Å². The number of hydrogen-bond donors (Lipinski definition) is 2. The molecule has 0 aliphatic carbocycles. The Kier molecular flexibility index (Phi) is 3.78. The van der Waals surface area contributed by atoms with E-state index in [1.165, 1.54) is 0 Å². The van der Waals surface area contributed by atoms with Gasteiger partial charge in [-0.2, -0.15) is 5.10 Å². The number of phenolic OH excluding ortho intramolecular Hbond substituents is 1. The van der Waals surface area contributed by atoms with Crippen LogP contribution in [0.5, 0.6) is 5.75 Å². The molecule has 4 heteroatoms.